The molecule has 0 spiro atoms. The van der Waals surface area contributed by atoms with Crippen molar-refractivity contribution in [1.29, 1.82) is 0 Å². The molecule has 26 heavy (non-hydrogen) atoms. The highest BCUT2D eigenvalue weighted by atomic mass is 32.1. The Morgan fingerprint density at radius 1 is 0.577 bits per heavy atom. The van der Waals surface area contributed by atoms with E-state index >= 15 is 0 Å². The molecule has 3 aromatic heterocycles. The molecule has 0 fully saturated rings. The summed E-state index contributed by atoms with van der Waals surface area (Å²) >= 11 is 5.70. The summed E-state index contributed by atoms with van der Waals surface area (Å²) in [7, 11) is 0. The van der Waals surface area contributed by atoms with Crippen molar-refractivity contribution in [2.45, 2.75) is 6.92 Å². The minimum Gasteiger partial charge on any atom is -0.141 e. The molecule has 3 aromatic carbocycles. The van der Waals surface area contributed by atoms with Crippen LogP contribution in [0.1, 0.15) is 4.88 Å². The van der Waals surface area contributed by atoms with Crippen molar-refractivity contribution in [3.8, 4) is 10.4 Å². The molecule has 0 bridgehead atoms. The van der Waals surface area contributed by atoms with Crippen molar-refractivity contribution in [2.75, 3.05) is 0 Å². The molecule has 0 amide bonds. The highest BCUT2D eigenvalue weighted by Gasteiger charge is 2.11. The van der Waals surface area contributed by atoms with Crippen molar-refractivity contribution in [3.05, 3.63) is 71.6 Å². The molecule has 0 unspecified atom stereocenters. The Labute approximate surface area is 163 Å². The monoisotopic (exact) mass is 386 g/mol. The molecular formula is C23H14S3. The van der Waals surface area contributed by atoms with E-state index in [4.69, 9.17) is 0 Å². The first kappa shape index (κ1) is 14.9. The Morgan fingerprint density at radius 3 is 1.96 bits per heavy atom. The fourth-order valence-corrected chi connectivity index (χ4v) is 7.05. The fourth-order valence-electron chi connectivity index (χ4n) is 3.72. The predicted molar refractivity (Wildman–Crippen MR) is 120 cm³/mol. The molecule has 0 nitrogen and oxygen atoms in total. The van der Waals surface area contributed by atoms with Gasteiger partial charge in [0.25, 0.3) is 0 Å². The highest BCUT2D eigenvalue weighted by Crippen LogP contribution is 2.42. The minimum atomic E-state index is 1.30. The van der Waals surface area contributed by atoms with Crippen LogP contribution >= 0.6 is 34.0 Å². The Balaban J connectivity index is 1.64. The second-order valence-corrected chi connectivity index (χ2v) is 10.2. The summed E-state index contributed by atoms with van der Waals surface area (Å²) in [6.45, 7) is 2.19. The third kappa shape index (κ3) is 2.18. The van der Waals surface area contributed by atoms with Gasteiger partial charge in [0, 0.05) is 39.3 Å². The molecule has 0 atom stereocenters. The number of benzene rings is 3. The normalized spacial score (nSPS) is 12.0. The van der Waals surface area contributed by atoms with Gasteiger partial charge in [-0.05, 0) is 59.7 Å². The lowest BCUT2D eigenvalue weighted by Crippen LogP contribution is -1.68. The summed E-state index contributed by atoms with van der Waals surface area (Å²) in [4.78, 5) is 2.73. The quantitative estimate of drug-likeness (QED) is 0.266. The minimum absolute atomic E-state index is 1.30. The van der Waals surface area contributed by atoms with Gasteiger partial charge in [0.05, 0.1) is 0 Å². The van der Waals surface area contributed by atoms with Crippen LogP contribution in [0, 0.1) is 6.92 Å². The lowest BCUT2D eigenvalue weighted by molar-refractivity contribution is 1.66. The van der Waals surface area contributed by atoms with Gasteiger partial charge in [-0.2, -0.15) is 0 Å². The van der Waals surface area contributed by atoms with Crippen molar-refractivity contribution >= 4 is 74.4 Å². The number of hydrogen-bond donors (Lipinski definition) is 0. The van der Waals surface area contributed by atoms with Crippen LogP contribution in [0.5, 0.6) is 0 Å². The van der Waals surface area contributed by atoms with Gasteiger partial charge in [0.15, 0.2) is 0 Å². The van der Waals surface area contributed by atoms with Gasteiger partial charge in [-0.25, -0.2) is 0 Å². The van der Waals surface area contributed by atoms with Crippen molar-refractivity contribution in [1.82, 2.24) is 0 Å². The number of aryl methyl sites for hydroxylation is 1. The third-order valence-electron chi connectivity index (χ3n) is 4.93. The third-order valence-corrected chi connectivity index (χ3v) is 8.20. The SMILES string of the molecule is Cc1cc2cc3c(cc2s1)sc1cc2sc(-c4ccccc4)cc2cc13. The Hall–Kier alpha value is -2.20. The molecule has 0 aliphatic carbocycles. The van der Waals surface area contributed by atoms with Crippen molar-refractivity contribution < 1.29 is 0 Å². The highest BCUT2D eigenvalue weighted by molar-refractivity contribution is 7.27. The largest absolute Gasteiger partial charge is 0.141 e. The number of thiophene rings is 3. The molecule has 0 N–H and O–H groups in total. The van der Waals surface area contributed by atoms with Crippen LogP contribution in [0.4, 0.5) is 0 Å². The van der Waals surface area contributed by atoms with E-state index in [1.165, 1.54) is 55.7 Å². The molecule has 0 aliphatic heterocycles. The van der Waals surface area contributed by atoms with E-state index in [9.17, 15) is 0 Å². The van der Waals surface area contributed by atoms with E-state index in [0.717, 1.165) is 0 Å². The maximum atomic E-state index is 2.39. The molecule has 6 aromatic rings. The summed E-state index contributed by atoms with van der Waals surface area (Å²) in [5.41, 5.74) is 1.30. The lowest BCUT2D eigenvalue weighted by atomic mass is 10.1. The maximum absolute atomic E-state index is 2.39. The van der Waals surface area contributed by atoms with E-state index < -0.39 is 0 Å². The lowest BCUT2D eigenvalue weighted by Gasteiger charge is -1.94. The summed E-state index contributed by atoms with van der Waals surface area (Å²) in [6.07, 6.45) is 0. The topological polar surface area (TPSA) is 0 Å². The summed E-state index contributed by atoms with van der Waals surface area (Å²) < 4.78 is 5.56. The molecule has 0 saturated heterocycles. The van der Waals surface area contributed by atoms with Crippen LogP contribution in [0.25, 0.3) is 50.8 Å². The van der Waals surface area contributed by atoms with Crippen molar-refractivity contribution in [3.63, 3.8) is 0 Å². The number of fused-ring (bicyclic) bond motifs is 5. The molecule has 0 radical (unpaired) electrons. The standard InChI is InChI=1S/C23H14S3/c1-13-7-15-8-17-18-9-16-10-19(14-5-3-2-4-6-14)25-21(16)12-23(18)26-22(17)11-20(15)24-13/h2-12H,1H3. The molecule has 0 saturated carbocycles. The fraction of sp³-hybridized carbons (Fsp3) is 0.0435. The van der Waals surface area contributed by atoms with Crippen LogP contribution in [-0.4, -0.2) is 0 Å². The first-order valence-corrected chi connectivity index (χ1v) is 11.0. The van der Waals surface area contributed by atoms with E-state index in [1.54, 1.807) is 0 Å². The van der Waals surface area contributed by atoms with Crippen LogP contribution in [-0.2, 0) is 0 Å². The summed E-state index contributed by atoms with van der Waals surface area (Å²) in [5.74, 6) is 0. The van der Waals surface area contributed by atoms with E-state index in [2.05, 4.69) is 73.7 Å². The zero-order valence-electron chi connectivity index (χ0n) is 14.1. The van der Waals surface area contributed by atoms with Crippen LogP contribution < -0.4 is 0 Å². The van der Waals surface area contributed by atoms with Gasteiger partial charge in [-0.3, -0.25) is 0 Å². The van der Waals surface area contributed by atoms with Crippen LogP contribution in [0.3, 0.4) is 0 Å². The Morgan fingerprint density at radius 2 is 1.23 bits per heavy atom. The van der Waals surface area contributed by atoms with E-state index in [-0.39, 0.29) is 0 Å². The van der Waals surface area contributed by atoms with Gasteiger partial charge >= 0.3 is 0 Å². The molecule has 3 heteroatoms. The average Bonchev–Trinajstić information content (AvgIpc) is 3.31. The predicted octanol–water partition coefficient (Wildman–Crippen LogP) is 8.46. The first-order chi connectivity index (χ1) is 12.7. The van der Waals surface area contributed by atoms with Gasteiger partial charge in [-0.1, -0.05) is 30.3 Å². The number of hydrogen-bond acceptors (Lipinski definition) is 3. The number of rotatable bonds is 1. The summed E-state index contributed by atoms with van der Waals surface area (Å²) in [5, 5.41) is 5.50. The van der Waals surface area contributed by atoms with E-state index in [1.807, 2.05) is 34.0 Å². The molecule has 3 heterocycles. The van der Waals surface area contributed by atoms with Crippen LogP contribution in [0.2, 0.25) is 0 Å². The zero-order valence-corrected chi connectivity index (χ0v) is 16.5. The molecule has 6 rings (SSSR count). The molecule has 124 valence electrons. The molecular weight excluding hydrogens is 372 g/mol. The average molecular weight is 387 g/mol. The maximum Gasteiger partial charge on any atom is 0.0369 e. The second kappa shape index (κ2) is 5.40. The Bertz CT molecular complexity index is 1430. The van der Waals surface area contributed by atoms with E-state index in [0.29, 0.717) is 0 Å². The summed E-state index contributed by atoms with van der Waals surface area (Å²) in [6, 6.07) is 24.8. The second-order valence-electron chi connectivity index (χ2n) is 6.71. The van der Waals surface area contributed by atoms with Crippen LogP contribution in [0.15, 0.2) is 66.7 Å². The van der Waals surface area contributed by atoms with Gasteiger partial charge in [0.2, 0.25) is 0 Å². The molecule has 0 aliphatic rings. The van der Waals surface area contributed by atoms with Crippen molar-refractivity contribution in [2.24, 2.45) is 0 Å². The van der Waals surface area contributed by atoms with Gasteiger partial charge in [0.1, 0.15) is 0 Å². The Kier molecular flexibility index (Phi) is 3.10. The van der Waals surface area contributed by atoms with Gasteiger partial charge < -0.3 is 0 Å². The smallest absolute Gasteiger partial charge is 0.0369 e. The zero-order chi connectivity index (χ0) is 17.3. The first-order valence-electron chi connectivity index (χ1n) is 8.60. The van der Waals surface area contributed by atoms with Gasteiger partial charge in [-0.15, -0.1) is 34.0 Å².